The van der Waals surface area contributed by atoms with Crippen molar-refractivity contribution in [1.82, 2.24) is 15.0 Å². The summed E-state index contributed by atoms with van der Waals surface area (Å²) in [6.07, 6.45) is -0.853. The van der Waals surface area contributed by atoms with Gasteiger partial charge in [0.1, 0.15) is 24.0 Å². The van der Waals surface area contributed by atoms with E-state index in [-0.39, 0.29) is 18.7 Å². The van der Waals surface area contributed by atoms with Gasteiger partial charge in [-0.05, 0) is 24.3 Å². The molecule has 1 unspecified atom stereocenters. The number of aliphatic hydroxyl groups is 1. The van der Waals surface area contributed by atoms with E-state index in [0.717, 1.165) is 4.68 Å². The molecule has 0 aliphatic heterocycles. The molecule has 6 nitrogen and oxygen atoms in total. The van der Waals surface area contributed by atoms with Crippen LogP contribution < -0.4 is 10.3 Å². The Morgan fingerprint density at radius 1 is 1.09 bits per heavy atom. The minimum Gasteiger partial charge on any atom is -0.491 e. The summed E-state index contributed by atoms with van der Waals surface area (Å²) in [7, 11) is 0. The van der Waals surface area contributed by atoms with Crippen molar-refractivity contribution >= 4 is 10.9 Å². The monoisotopic (exact) mass is 297 g/mol. The SMILES string of the molecule is O=c1c2ccccc2nnn1CC(O)COc1ccccc1. The zero-order chi connectivity index (χ0) is 15.4. The maximum absolute atomic E-state index is 12.2. The lowest BCUT2D eigenvalue weighted by Gasteiger charge is -2.13. The molecule has 1 atom stereocenters. The number of hydrogen-bond donors (Lipinski definition) is 1. The quantitative estimate of drug-likeness (QED) is 0.766. The van der Waals surface area contributed by atoms with Gasteiger partial charge >= 0.3 is 0 Å². The molecule has 112 valence electrons. The number of para-hydroxylation sites is 1. The standard InChI is InChI=1S/C16H15N3O3/c20-12(11-22-13-6-2-1-3-7-13)10-19-16(21)14-8-4-5-9-15(14)17-18-19/h1-9,12,20H,10-11H2. The lowest BCUT2D eigenvalue weighted by molar-refractivity contribution is 0.0873. The van der Waals surface area contributed by atoms with Crippen LogP contribution in [0, 0.1) is 0 Å². The van der Waals surface area contributed by atoms with E-state index in [1.165, 1.54) is 0 Å². The van der Waals surface area contributed by atoms with Crippen LogP contribution in [0.5, 0.6) is 5.75 Å². The van der Waals surface area contributed by atoms with Crippen LogP contribution in [-0.2, 0) is 6.54 Å². The molecule has 0 amide bonds. The number of aromatic nitrogens is 3. The summed E-state index contributed by atoms with van der Waals surface area (Å²) >= 11 is 0. The molecule has 1 aromatic heterocycles. The number of ether oxygens (including phenoxy) is 1. The largest absolute Gasteiger partial charge is 0.491 e. The van der Waals surface area contributed by atoms with Crippen molar-refractivity contribution in [2.45, 2.75) is 12.6 Å². The highest BCUT2D eigenvalue weighted by atomic mass is 16.5. The lowest BCUT2D eigenvalue weighted by Crippen LogP contribution is -2.32. The number of rotatable bonds is 5. The van der Waals surface area contributed by atoms with E-state index >= 15 is 0 Å². The summed E-state index contributed by atoms with van der Waals surface area (Å²) in [5.41, 5.74) is 0.267. The Morgan fingerprint density at radius 3 is 2.64 bits per heavy atom. The van der Waals surface area contributed by atoms with Crippen LogP contribution >= 0.6 is 0 Å². The summed E-state index contributed by atoms with van der Waals surface area (Å²) in [5.74, 6) is 0.665. The highest BCUT2D eigenvalue weighted by Gasteiger charge is 2.11. The van der Waals surface area contributed by atoms with Crippen LogP contribution in [0.1, 0.15) is 0 Å². The molecule has 0 aliphatic rings. The van der Waals surface area contributed by atoms with Crippen LogP contribution in [-0.4, -0.2) is 32.8 Å². The molecule has 0 spiro atoms. The average molecular weight is 297 g/mol. The van der Waals surface area contributed by atoms with E-state index in [1.54, 1.807) is 36.4 Å². The van der Waals surface area contributed by atoms with Gasteiger partial charge in [0.2, 0.25) is 0 Å². The van der Waals surface area contributed by atoms with Crippen LogP contribution in [0.2, 0.25) is 0 Å². The van der Waals surface area contributed by atoms with Gasteiger partial charge in [0, 0.05) is 0 Å². The number of nitrogens with zero attached hydrogens (tertiary/aromatic N) is 3. The molecule has 22 heavy (non-hydrogen) atoms. The Labute approximate surface area is 126 Å². The predicted octanol–water partition coefficient (Wildman–Crippen LogP) is 1.23. The van der Waals surface area contributed by atoms with Crippen LogP contribution in [0.15, 0.2) is 59.4 Å². The summed E-state index contributed by atoms with van der Waals surface area (Å²) < 4.78 is 6.61. The van der Waals surface area contributed by atoms with Crippen molar-refractivity contribution in [3.63, 3.8) is 0 Å². The molecule has 1 heterocycles. The third-order valence-corrected chi connectivity index (χ3v) is 3.20. The smallest absolute Gasteiger partial charge is 0.277 e. The molecule has 1 N–H and O–H groups in total. The number of hydrogen-bond acceptors (Lipinski definition) is 5. The molecule has 2 aromatic carbocycles. The number of aliphatic hydroxyl groups excluding tert-OH is 1. The number of benzene rings is 2. The highest BCUT2D eigenvalue weighted by Crippen LogP contribution is 2.09. The van der Waals surface area contributed by atoms with E-state index in [1.807, 2.05) is 18.2 Å². The Morgan fingerprint density at radius 2 is 1.82 bits per heavy atom. The maximum Gasteiger partial charge on any atom is 0.277 e. The first kappa shape index (κ1) is 14.2. The van der Waals surface area contributed by atoms with Crippen molar-refractivity contribution in [1.29, 1.82) is 0 Å². The predicted molar refractivity (Wildman–Crippen MR) is 81.7 cm³/mol. The van der Waals surface area contributed by atoms with Gasteiger partial charge in [-0.3, -0.25) is 4.79 Å². The van der Waals surface area contributed by atoms with Gasteiger partial charge in [-0.2, -0.15) is 0 Å². The fourth-order valence-electron chi connectivity index (χ4n) is 2.10. The van der Waals surface area contributed by atoms with Crippen LogP contribution in [0.4, 0.5) is 0 Å². The van der Waals surface area contributed by atoms with Gasteiger partial charge in [0.15, 0.2) is 0 Å². The Bertz CT molecular complexity index is 817. The molecule has 3 aromatic rings. The van der Waals surface area contributed by atoms with E-state index in [4.69, 9.17) is 4.74 Å². The first-order valence-electron chi connectivity index (χ1n) is 6.92. The molecule has 0 saturated carbocycles. The Kier molecular flexibility index (Phi) is 4.11. The topological polar surface area (TPSA) is 77.2 Å². The molecular weight excluding hydrogens is 282 g/mol. The van der Waals surface area contributed by atoms with Gasteiger partial charge in [-0.15, -0.1) is 5.10 Å². The Balaban J connectivity index is 1.70. The summed E-state index contributed by atoms with van der Waals surface area (Å²) in [5, 5.41) is 18.3. The molecule has 0 bridgehead atoms. The van der Waals surface area contributed by atoms with Crippen molar-refractivity contribution in [2.24, 2.45) is 0 Å². The molecule has 6 heteroatoms. The normalized spacial score (nSPS) is 12.2. The van der Waals surface area contributed by atoms with Crippen molar-refractivity contribution in [3.05, 3.63) is 65.0 Å². The molecule has 0 saturated heterocycles. The Hall–Kier alpha value is -2.73. The average Bonchev–Trinajstić information content (AvgIpc) is 2.57. The fourth-order valence-corrected chi connectivity index (χ4v) is 2.10. The van der Waals surface area contributed by atoms with Gasteiger partial charge in [0.05, 0.1) is 11.9 Å². The zero-order valence-corrected chi connectivity index (χ0v) is 11.8. The second-order valence-electron chi connectivity index (χ2n) is 4.87. The second kappa shape index (κ2) is 6.36. The first-order valence-corrected chi connectivity index (χ1v) is 6.92. The van der Waals surface area contributed by atoms with Gasteiger partial charge in [-0.1, -0.05) is 35.5 Å². The molecule has 0 radical (unpaired) electrons. The summed E-state index contributed by atoms with van der Waals surface area (Å²) in [6, 6.07) is 16.2. The molecular formula is C16H15N3O3. The van der Waals surface area contributed by atoms with Crippen LogP contribution in [0.3, 0.4) is 0 Å². The maximum atomic E-state index is 12.2. The van der Waals surface area contributed by atoms with E-state index in [2.05, 4.69) is 10.3 Å². The van der Waals surface area contributed by atoms with Crippen molar-refractivity contribution in [2.75, 3.05) is 6.61 Å². The summed E-state index contributed by atoms with van der Waals surface area (Å²) in [4.78, 5) is 12.2. The van der Waals surface area contributed by atoms with Gasteiger partial charge in [-0.25, -0.2) is 4.68 Å². The third kappa shape index (κ3) is 3.12. The zero-order valence-electron chi connectivity index (χ0n) is 11.8. The molecule has 0 fully saturated rings. The van der Waals surface area contributed by atoms with E-state index < -0.39 is 6.10 Å². The third-order valence-electron chi connectivity index (χ3n) is 3.20. The van der Waals surface area contributed by atoms with E-state index in [0.29, 0.717) is 16.7 Å². The highest BCUT2D eigenvalue weighted by molar-refractivity contribution is 5.76. The van der Waals surface area contributed by atoms with Gasteiger partial charge in [0.25, 0.3) is 5.56 Å². The van der Waals surface area contributed by atoms with Crippen molar-refractivity contribution < 1.29 is 9.84 Å². The minimum atomic E-state index is -0.853. The second-order valence-corrected chi connectivity index (χ2v) is 4.87. The van der Waals surface area contributed by atoms with E-state index in [9.17, 15) is 9.90 Å². The summed E-state index contributed by atoms with van der Waals surface area (Å²) in [6.45, 7) is 0.106. The fraction of sp³-hybridized carbons (Fsp3) is 0.188. The number of fused-ring (bicyclic) bond motifs is 1. The lowest BCUT2D eigenvalue weighted by atomic mass is 10.2. The minimum absolute atomic E-state index is 0.0313. The van der Waals surface area contributed by atoms with Crippen molar-refractivity contribution in [3.8, 4) is 5.75 Å². The first-order chi connectivity index (χ1) is 10.7. The molecule has 0 aliphatic carbocycles. The van der Waals surface area contributed by atoms with Gasteiger partial charge < -0.3 is 9.84 Å². The van der Waals surface area contributed by atoms with Crippen LogP contribution in [0.25, 0.3) is 10.9 Å². The molecule has 3 rings (SSSR count).